The van der Waals surface area contributed by atoms with E-state index in [1.165, 1.54) is 13.3 Å². The van der Waals surface area contributed by atoms with E-state index in [9.17, 15) is 4.79 Å². The van der Waals surface area contributed by atoms with Crippen molar-refractivity contribution in [3.05, 3.63) is 52.7 Å². The first kappa shape index (κ1) is 19.1. The summed E-state index contributed by atoms with van der Waals surface area (Å²) in [5, 5.41) is 1.35. The minimum absolute atomic E-state index is 0.0938. The van der Waals surface area contributed by atoms with Gasteiger partial charge in [-0.3, -0.25) is 4.98 Å². The second-order valence-corrected chi connectivity index (χ2v) is 7.54. The highest BCUT2D eigenvalue weighted by molar-refractivity contribution is 6.36. The summed E-state index contributed by atoms with van der Waals surface area (Å²) in [4.78, 5) is 21.5. The lowest BCUT2D eigenvalue weighted by atomic mass is 10.0. The van der Waals surface area contributed by atoms with Crippen LogP contribution in [-0.2, 0) is 4.74 Å². The Kier molecular flexibility index (Phi) is 4.81. The van der Waals surface area contributed by atoms with Gasteiger partial charge in [-0.15, -0.1) is 0 Å². The van der Waals surface area contributed by atoms with Crippen LogP contribution in [0.25, 0.3) is 26.9 Å². The molecule has 3 aromatic rings. The summed E-state index contributed by atoms with van der Waals surface area (Å²) in [7, 11) is 1.39. The van der Waals surface area contributed by atoms with Gasteiger partial charge in [0, 0.05) is 42.1 Å². The summed E-state index contributed by atoms with van der Waals surface area (Å²) in [6.45, 7) is 10.6. The van der Waals surface area contributed by atoms with Crippen molar-refractivity contribution in [1.29, 1.82) is 0 Å². The number of anilines is 1. The summed E-state index contributed by atoms with van der Waals surface area (Å²) in [5.74, 6) is 0. The predicted octanol–water partition coefficient (Wildman–Crippen LogP) is 4.81. The number of nitrogens with two attached hydrogens (primary N) is 1. The lowest BCUT2D eigenvalue weighted by Gasteiger charge is -2.16. The number of hydrogen-bond acceptors (Lipinski definition) is 4. The molecule has 1 saturated heterocycles. The van der Waals surface area contributed by atoms with Gasteiger partial charge in [0.2, 0.25) is 0 Å². The highest BCUT2D eigenvalue weighted by atomic mass is 35.5. The van der Waals surface area contributed by atoms with Crippen LogP contribution in [0, 0.1) is 13.5 Å². The largest absolute Gasteiger partial charge is 0.453 e. The number of amides is 1. The number of hydrogen-bond donors (Lipinski definition) is 1. The first-order valence-electron chi connectivity index (χ1n) is 9.19. The van der Waals surface area contributed by atoms with E-state index in [4.69, 9.17) is 28.6 Å². The van der Waals surface area contributed by atoms with Crippen molar-refractivity contribution in [1.82, 2.24) is 14.5 Å². The molecule has 1 fully saturated rings. The third-order valence-corrected chi connectivity index (χ3v) is 5.88. The van der Waals surface area contributed by atoms with Gasteiger partial charge < -0.3 is 19.9 Å². The molecule has 1 aliphatic rings. The van der Waals surface area contributed by atoms with Gasteiger partial charge in [0.1, 0.15) is 0 Å². The standard InChI is InChI=1S/C21H20ClN5O2/c1-12-6-19-14(7-18(12)24-2)16(15-8-25-9-17(23)20(15)22)11-27(19)13-4-5-26(10-13)21(28)29-3/h6-9,11,13H,4-5,10,23H2,1,3H3. The van der Waals surface area contributed by atoms with Crippen molar-refractivity contribution in [2.45, 2.75) is 19.4 Å². The average molecular weight is 410 g/mol. The zero-order valence-corrected chi connectivity index (χ0v) is 16.9. The monoisotopic (exact) mass is 409 g/mol. The maximum atomic E-state index is 11.9. The fourth-order valence-electron chi connectivity index (χ4n) is 3.94. The molecule has 4 rings (SSSR count). The second-order valence-electron chi connectivity index (χ2n) is 7.17. The molecule has 0 radical (unpaired) electrons. The van der Waals surface area contributed by atoms with Crippen molar-refractivity contribution in [3.63, 3.8) is 0 Å². The van der Waals surface area contributed by atoms with E-state index >= 15 is 0 Å². The minimum atomic E-state index is -0.321. The number of nitrogens with zero attached hydrogens (tertiary/aromatic N) is 4. The molecule has 148 valence electrons. The summed E-state index contributed by atoms with van der Waals surface area (Å²) in [5.41, 5.74) is 10.4. The number of pyridine rings is 1. The van der Waals surface area contributed by atoms with E-state index in [1.807, 2.05) is 25.3 Å². The molecule has 0 spiro atoms. The Bertz CT molecular complexity index is 1160. The lowest BCUT2D eigenvalue weighted by Crippen LogP contribution is -2.28. The number of rotatable bonds is 2. The van der Waals surface area contributed by atoms with E-state index in [-0.39, 0.29) is 12.1 Å². The molecule has 2 N–H and O–H groups in total. The number of benzene rings is 1. The maximum absolute atomic E-state index is 11.9. The molecule has 0 saturated carbocycles. The number of halogens is 1. The predicted molar refractivity (Wildman–Crippen MR) is 113 cm³/mol. The SMILES string of the molecule is [C-]#[N+]c1cc2c(-c3cncc(N)c3Cl)cn(C3CCN(C(=O)OC)C3)c2cc1C. The van der Waals surface area contributed by atoms with Gasteiger partial charge in [-0.1, -0.05) is 11.6 Å². The summed E-state index contributed by atoms with van der Waals surface area (Å²) < 4.78 is 7.02. The number of carbonyl (C=O) groups is 1. The molecular formula is C21H20ClN5O2. The Morgan fingerprint density at radius 3 is 2.90 bits per heavy atom. The molecule has 1 atom stereocenters. The molecule has 29 heavy (non-hydrogen) atoms. The minimum Gasteiger partial charge on any atom is -0.453 e. The molecule has 0 aliphatic carbocycles. The maximum Gasteiger partial charge on any atom is 0.409 e. The molecule has 1 aromatic carbocycles. The third kappa shape index (κ3) is 3.15. The molecule has 3 heterocycles. The number of aryl methyl sites for hydroxylation is 1. The smallest absolute Gasteiger partial charge is 0.409 e. The fraction of sp³-hybridized carbons (Fsp3) is 0.286. The number of nitrogen functional groups attached to an aromatic ring is 1. The van der Waals surface area contributed by atoms with E-state index in [2.05, 4.69) is 14.4 Å². The number of methoxy groups -OCH3 is 1. The highest BCUT2D eigenvalue weighted by Crippen LogP contribution is 2.41. The van der Waals surface area contributed by atoms with Crippen LogP contribution >= 0.6 is 11.6 Å². The van der Waals surface area contributed by atoms with E-state index in [0.29, 0.717) is 29.5 Å². The van der Waals surface area contributed by atoms with Gasteiger partial charge in [-0.25, -0.2) is 9.64 Å². The number of carbonyl (C=O) groups excluding carboxylic acids is 1. The van der Waals surface area contributed by atoms with E-state index in [1.54, 1.807) is 11.1 Å². The van der Waals surface area contributed by atoms with Gasteiger partial charge in [0.25, 0.3) is 0 Å². The normalized spacial score (nSPS) is 16.2. The Morgan fingerprint density at radius 2 is 2.17 bits per heavy atom. The van der Waals surface area contributed by atoms with Crippen LogP contribution in [-0.4, -0.2) is 40.7 Å². The van der Waals surface area contributed by atoms with Crippen LogP contribution in [0.4, 0.5) is 16.2 Å². The zero-order chi connectivity index (χ0) is 20.7. The van der Waals surface area contributed by atoms with Crippen molar-refractivity contribution in [3.8, 4) is 11.1 Å². The van der Waals surface area contributed by atoms with Crippen LogP contribution in [0.5, 0.6) is 0 Å². The zero-order valence-electron chi connectivity index (χ0n) is 16.1. The number of aromatic nitrogens is 2. The van der Waals surface area contributed by atoms with Gasteiger partial charge in [-0.2, -0.15) is 0 Å². The van der Waals surface area contributed by atoms with Crippen molar-refractivity contribution < 1.29 is 9.53 Å². The molecule has 1 unspecified atom stereocenters. The molecule has 7 nitrogen and oxygen atoms in total. The summed E-state index contributed by atoms with van der Waals surface area (Å²) in [6, 6.07) is 3.99. The lowest BCUT2D eigenvalue weighted by molar-refractivity contribution is 0.132. The topological polar surface area (TPSA) is 77.7 Å². The van der Waals surface area contributed by atoms with Crippen LogP contribution < -0.4 is 5.73 Å². The molecular weight excluding hydrogens is 390 g/mol. The molecule has 8 heteroatoms. The summed E-state index contributed by atoms with van der Waals surface area (Å²) in [6.07, 6.45) is 5.71. The van der Waals surface area contributed by atoms with Crippen LogP contribution in [0.3, 0.4) is 0 Å². The molecule has 2 aromatic heterocycles. The average Bonchev–Trinajstić information content (AvgIpc) is 3.33. The van der Waals surface area contributed by atoms with Crippen molar-refractivity contribution in [2.75, 3.05) is 25.9 Å². The highest BCUT2D eigenvalue weighted by Gasteiger charge is 2.29. The molecule has 1 amide bonds. The first-order valence-corrected chi connectivity index (χ1v) is 9.57. The fourth-order valence-corrected chi connectivity index (χ4v) is 4.14. The van der Waals surface area contributed by atoms with Crippen LogP contribution in [0.2, 0.25) is 5.02 Å². The number of fused-ring (bicyclic) bond motifs is 1. The van der Waals surface area contributed by atoms with Gasteiger partial charge in [-0.05, 0) is 36.4 Å². The van der Waals surface area contributed by atoms with E-state index in [0.717, 1.165) is 34.0 Å². The van der Waals surface area contributed by atoms with Gasteiger partial charge in [0.05, 0.1) is 36.6 Å². The van der Waals surface area contributed by atoms with Crippen molar-refractivity contribution >= 4 is 40.0 Å². The van der Waals surface area contributed by atoms with Gasteiger partial charge in [0.15, 0.2) is 5.69 Å². The van der Waals surface area contributed by atoms with Crippen LogP contribution in [0.1, 0.15) is 18.0 Å². The Morgan fingerprint density at radius 1 is 1.38 bits per heavy atom. The quantitative estimate of drug-likeness (QED) is 0.616. The first-order chi connectivity index (χ1) is 13.9. The number of likely N-dealkylation sites (tertiary alicyclic amines) is 1. The van der Waals surface area contributed by atoms with E-state index < -0.39 is 0 Å². The Balaban J connectivity index is 1.90. The Labute approximate surface area is 173 Å². The van der Waals surface area contributed by atoms with Gasteiger partial charge >= 0.3 is 6.09 Å². The molecule has 0 bridgehead atoms. The third-order valence-electron chi connectivity index (χ3n) is 5.46. The summed E-state index contributed by atoms with van der Waals surface area (Å²) >= 11 is 6.48. The molecule has 1 aliphatic heterocycles. The van der Waals surface area contributed by atoms with Crippen LogP contribution in [0.15, 0.2) is 30.7 Å². The number of ether oxygens (including phenoxy) is 1. The van der Waals surface area contributed by atoms with Crippen molar-refractivity contribution in [2.24, 2.45) is 0 Å². The second kappa shape index (κ2) is 7.30. The Hall–Kier alpha value is -3.24.